The smallest absolute Gasteiger partial charge is 0.319 e. The van der Waals surface area contributed by atoms with Crippen molar-refractivity contribution >= 4 is 11.7 Å². The van der Waals surface area contributed by atoms with E-state index in [0.717, 1.165) is 37.9 Å². The van der Waals surface area contributed by atoms with Crippen LogP contribution in [0.5, 0.6) is 11.6 Å². The number of urea groups is 1. The topological polar surface area (TPSA) is 83.5 Å². The molecule has 0 saturated heterocycles. The third kappa shape index (κ3) is 5.20. The predicted octanol–water partition coefficient (Wildman–Crippen LogP) is 3.86. The maximum Gasteiger partial charge on any atom is 0.319 e. The van der Waals surface area contributed by atoms with E-state index in [1.54, 1.807) is 18.3 Å². The van der Waals surface area contributed by atoms with E-state index >= 15 is 0 Å². The summed E-state index contributed by atoms with van der Waals surface area (Å²) in [6, 6.07) is 11.2. The molecule has 1 fully saturated rings. The molecule has 0 atom stereocenters. The lowest BCUT2D eigenvalue weighted by atomic mass is 9.93. The number of aromatic nitrogens is 1. The van der Waals surface area contributed by atoms with Gasteiger partial charge in [0.2, 0.25) is 5.88 Å². The second kappa shape index (κ2) is 8.67. The largest absolute Gasteiger partial charge is 0.439 e. The van der Waals surface area contributed by atoms with Gasteiger partial charge in [0.1, 0.15) is 5.75 Å². The van der Waals surface area contributed by atoms with Gasteiger partial charge in [-0.2, -0.15) is 0 Å². The average molecular weight is 355 g/mol. The van der Waals surface area contributed by atoms with Gasteiger partial charge in [-0.15, -0.1) is 0 Å². The third-order valence-electron chi connectivity index (χ3n) is 4.56. The summed E-state index contributed by atoms with van der Waals surface area (Å²) in [5.41, 5.74) is 1.81. The van der Waals surface area contributed by atoms with Crippen LogP contribution in [0.15, 0.2) is 42.6 Å². The van der Waals surface area contributed by atoms with Crippen LogP contribution in [0, 0.1) is 0 Å². The normalized spacial score (nSPS) is 19.6. The number of amides is 2. The van der Waals surface area contributed by atoms with Crippen molar-refractivity contribution in [2.24, 2.45) is 0 Å². The van der Waals surface area contributed by atoms with E-state index in [0.29, 0.717) is 11.6 Å². The SMILES string of the molecule is CCc1cccc(Oc2ccc(NC(=O)NC3CCC(O)CC3)cn2)c1. The molecule has 1 aliphatic rings. The van der Waals surface area contributed by atoms with Crippen LogP contribution < -0.4 is 15.4 Å². The lowest BCUT2D eigenvalue weighted by molar-refractivity contribution is 0.118. The monoisotopic (exact) mass is 355 g/mol. The predicted molar refractivity (Wildman–Crippen MR) is 101 cm³/mol. The van der Waals surface area contributed by atoms with Crippen LogP contribution in [-0.2, 0) is 6.42 Å². The maximum atomic E-state index is 12.1. The number of aryl methyl sites for hydroxylation is 1. The van der Waals surface area contributed by atoms with Gasteiger partial charge in [0.05, 0.1) is 18.0 Å². The number of pyridine rings is 1. The van der Waals surface area contributed by atoms with Crippen molar-refractivity contribution in [1.29, 1.82) is 0 Å². The molecule has 1 aromatic heterocycles. The molecule has 0 radical (unpaired) electrons. The fraction of sp³-hybridized carbons (Fsp3) is 0.400. The van der Waals surface area contributed by atoms with Gasteiger partial charge in [0.15, 0.2) is 0 Å². The molecule has 0 unspecified atom stereocenters. The van der Waals surface area contributed by atoms with Crippen LogP contribution >= 0.6 is 0 Å². The molecule has 0 spiro atoms. The van der Waals surface area contributed by atoms with Crippen molar-refractivity contribution in [3.63, 3.8) is 0 Å². The number of hydrogen-bond donors (Lipinski definition) is 3. The highest BCUT2D eigenvalue weighted by atomic mass is 16.5. The molecule has 138 valence electrons. The van der Waals surface area contributed by atoms with E-state index in [2.05, 4.69) is 28.6 Å². The standard InChI is InChI=1S/C20H25N3O3/c1-2-14-4-3-5-18(12-14)26-19-11-8-16(13-21-19)23-20(25)22-15-6-9-17(24)10-7-15/h3-5,8,11-13,15,17,24H,2,6-7,9-10H2,1H3,(H2,22,23,25). The van der Waals surface area contributed by atoms with Crippen LogP contribution in [0.1, 0.15) is 38.2 Å². The minimum atomic E-state index is -0.252. The first-order valence-electron chi connectivity index (χ1n) is 9.11. The number of carbonyl (C=O) groups excluding carboxylic acids is 1. The number of aliphatic hydroxyl groups is 1. The van der Waals surface area contributed by atoms with Crippen LogP contribution in [0.2, 0.25) is 0 Å². The maximum absolute atomic E-state index is 12.1. The van der Waals surface area contributed by atoms with E-state index in [-0.39, 0.29) is 18.2 Å². The van der Waals surface area contributed by atoms with Gasteiger partial charge < -0.3 is 20.5 Å². The molecule has 6 nitrogen and oxygen atoms in total. The summed E-state index contributed by atoms with van der Waals surface area (Å²) < 4.78 is 5.75. The summed E-state index contributed by atoms with van der Waals surface area (Å²) in [4.78, 5) is 16.3. The van der Waals surface area contributed by atoms with Crippen molar-refractivity contribution in [3.8, 4) is 11.6 Å². The average Bonchev–Trinajstić information content (AvgIpc) is 2.65. The molecule has 0 bridgehead atoms. The quantitative estimate of drug-likeness (QED) is 0.760. The van der Waals surface area contributed by atoms with Gasteiger partial charge in [0, 0.05) is 12.1 Å². The number of nitrogens with one attached hydrogen (secondary N) is 2. The van der Waals surface area contributed by atoms with Crippen molar-refractivity contribution in [2.45, 2.75) is 51.2 Å². The van der Waals surface area contributed by atoms with Gasteiger partial charge in [-0.25, -0.2) is 9.78 Å². The first-order valence-corrected chi connectivity index (χ1v) is 9.11. The Kier molecular flexibility index (Phi) is 6.07. The Morgan fingerprint density at radius 2 is 2.04 bits per heavy atom. The molecule has 1 heterocycles. The molecular formula is C20H25N3O3. The number of ether oxygens (including phenoxy) is 1. The third-order valence-corrected chi connectivity index (χ3v) is 4.56. The number of aliphatic hydroxyl groups excluding tert-OH is 1. The molecule has 1 saturated carbocycles. The molecule has 0 aliphatic heterocycles. The zero-order valence-corrected chi connectivity index (χ0v) is 14.9. The highest BCUT2D eigenvalue weighted by molar-refractivity contribution is 5.89. The zero-order valence-electron chi connectivity index (χ0n) is 14.9. The van der Waals surface area contributed by atoms with Gasteiger partial charge in [-0.1, -0.05) is 19.1 Å². The molecule has 2 aromatic rings. The van der Waals surface area contributed by atoms with E-state index in [1.165, 1.54) is 5.56 Å². The number of hydrogen-bond acceptors (Lipinski definition) is 4. The number of rotatable bonds is 5. The van der Waals surface area contributed by atoms with E-state index in [9.17, 15) is 9.90 Å². The fourth-order valence-corrected chi connectivity index (χ4v) is 3.04. The summed E-state index contributed by atoms with van der Waals surface area (Å²) in [6.45, 7) is 2.10. The zero-order chi connectivity index (χ0) is 18.4. The Labute approximate surface area is 153 Å². The van der Waals surface area contributed by atoms with E-state index < -0.39 is 0 Å². The van der Waals surface area contributed by atoms with Crippen LogP contribution in [0.3, 0.4) is 0 Å². The van der Waals surface area contributed by atoms with Crippen molar-refractivity contribution in [1.82, 2.24) is 10.3 Å². The number of benzene rings is 1. The number of carbonyl (C=O) groups is 1. The second-order valence-electron chi connectivity index (χ2n) is 6.59. The van der Waals surface area contributed by atoms with Crippen LogP contribution in [0.4, 0.5) is 10.5 Å². The Hall–Kier alpha value is -2.60. The van der Waals surface area contributed by atoms with Gasteiger partial charge >= 0.3 is 6.03 Å². The van der Waals surface area contributed by atoms with Crippen molar-refractivity contribution in [2.75, 3.05) is 5.32 Å². The summed E-state index contributed by atoms with van der Waals surface area (Å²) >= 11 is 0. The molecule has 2 amide bonds. The minimum absolute atomic E-state index is 0.111. The number of nitrogens with zero attached hydrogens (tertiary/aromatic N) is 1. The number of anilines is 1. The van der Waals surface area contributed by atoms with Crippen molar-refractivity contribution in [3.05, 3.63) is 48.2 Å². The van der Waals surface area contributed by atoms with E-state index in [4.69, 9.17) is 4.74 Å². The Morgan fingerprint density at radius 3 is 2.73 bits per heavy atom. The molecular weight excluding hydrogens is 330 g/mol. The summed E-state index contributed by atoms with van der Waals surface area (Å²) in [6.07, 6.45) is 5.36. The first-order chi connectivity index (χ1) is 12.6. The highest BCUT2D eigenvalue weighted by Crippen LogP contribution is 2.22. The fourth-order valence-electron chi connectivity index (χ4n) is 3.04. The second-order valence-corrected chi connectivity index (χ2v) is 6.59. The molecule has 3 rings (SSSR count). The molecule has 6 heteroatoms. The summed E-state index contributed by atoms with van der Waals surface area (Å²) in [7, 11) is 0. The molecule has 1 aromatic carbocycles. The van der Waals surface area contributed by atoms with E-state index in [1.807, 2.05) is 18.2 Å². The minimum Gasteiger partial charge on any atom is -0.439 e. The van der Waals surface area contributed by atoms with Gasteiger partial charge in [-0.05, 0) is 55.9 Å². The summed E-state index contributed by atoms with van der Waals surface area (Å²) in [5.74, 6) is 1.22. The van der Waals surface area contributed by atoms with Gasteiger partial charge in [0.25, 0.3) is 0 Å². The first kappa shape index (κ1) is 18.2. The lowest BCUT2D eigenvalue weighted by Crippen LogP contribution is -2.40. The Balaban J connectivity index is 1.51. The van der Waals surface area contributed by atoms with Crippen LogP contribution in [-0.4, -0.2) is 28.3 Å². The van der Waals surface area contributed by atoms with Gasteiger partial charge in [-0.3, -0.25) is 0 Å². The molecule has 1 aliphatic carbocycles. The Bertz CT molecular complexity index is 725. The Morgan fingerprint density at radius 1 is 1.23 bits per heavy atom. The highest BCUT2D eigenvalue weighted by Gasteiger charge is 2.20. The molecule has 26 heavy (non-hydrogen) atoms. The molecule has 3 N–H and O–H groups in total. The van der Waals surface area contributed by atoms with Crippen molar-refractivity contribution < 1.29 is 14.6 Å². The lowest BCUT2D eigenvalue weighted by Gasteiger charge is -2.26. The van der Waals surface area contributed by atoms with Crippen LogP contribution in [0.25, 0.3) is 0 Å². The summed E-state index contributed by atoms with van der Waals surface area (Å²) in [5, 5.41) is 15.2.